The van der Waals surface area contributed by atoms with Crippen molar-refractivity contribution in [3.8, 4) is 11.5 Å². The van der Waals surface area contributed by atoms with Crippen LogP contribution < -0.4 is 21.9 Å². The number of alkyl carbamates (subject to hydrolysis) is 1. The molecule has 4 N–H and O–H groups in total. The highest BCUT2D eigenvalue weighted by molar-refractivity contribution is 5.81. The van der Waals surface area contributed by atoms with Gasteiger partial charge in [-0.2, -0.15) is 4.98 Å². The molecule has 12 nitrogen and oxygen atoms in total. The van der Waals surface area contributed by atoms with Crippen LogP contribution in [-0.4, -0.2) is 60.9 Å². The zero-order valence-electron chi connectivity index (χ0n) is 21.4. The van der Waals surface area contributed by atoms with E-state index in [1.807, 2.05) is 30.5 Å². The third-order valence-corrected chi connectivity index (χ3v) is 6.74. The van der Waals surface area contributed by atoms with Gasteiger partial charge in [0, 0.05) is 25.6 Å². The highest BCUT2D eigenvalue weighted by Crippen LogP contribution is 2.25. The number of amides is 1. The van der Waals surface area contributed by atoms with Gasteiger partial charge in [0.05, 0.1) is 11.0 Å². The van der Waals surface area contributed by atoms with E-state index >= 15 is 0 Å². The number of benzene rings is 1. The van der Waals surface area contributed by atoms with Gasteiger partial charge in [0.1, 0.15) is 11.6 Å². The van der Waals surface area contributed by atoms with Crippen molar-refractivity contribution in [2.45, 2.75) is 77.6 Å². The Morgan fingerprint density at radius 2 is 1.92 bits per heavy atom. The van der Waals surface area contributed by atoms with Gasteiger partial charge in [0.2, 0.25) is 0 Å². The summed E-state index contributed by atoms with van der Waals surface area (Å²) in [5.74, 6) is -0.889. The van der Waals surface area contributed by atoms with Crippen LogP contribution >= 0.6 is 0 Å². The minimum Gasteiger partial charge on any atom is -0.480 e. The predicted molar refractivity (Wildman–Crippen MR) is 136 cm³/mol. The van der Waals surface area contributed by atoms with Crippen LogP contribution in [0.2, 0.25) is 0 Å². The Balaban J connectivity index is 1.60. The summed E-state index contributed by atoms with van der Waals surface area (Å²) in [6.45, 7) is 8.37. The first-order valence-corrected chi connectivity index (χ1v) is 12.3. The average molecular weight is 513 g/mol. The number of hydrogen-bond donors (Lipinski definition) is 4. The summed E-state index contributed by atoms with van der Waals surface area (Å²) >= 11 is 0. The number of aromatic amines is 1. The summed E-state index contributed by atoms with van der Waals surface area (Å²) in [6.07, 6.45) is 1.32. The van der Waals surface area contributed by atoms with E-state index in [9.17, 15) is 24.3 Å². The van der Waals surface area contributed by atoms with Crippen LogP contribution in [0.15, 0.2) is 21.7 Å². The third-order valence-electron chi connectivity index (χ3n) is 6.74. The van der Waals surface area contributed by atoms with Crippen molar-refractivity contribution in [3.05, 3.63) is 44.1 Å². The highest BCUT2D eigenvalue weighted by Gasteiger charge is 2.31. The van der Waals surface area contributed by atoms with Gasteiger partial charge in [-0.25, -0.2) is 19.4 Å². The normalized spacial score (nSPS) is 20.4. The number of fused-ring (bicyclic) bond motifs is 2. The minimum absolute atomic E-state index is 0.0641. The van der Waals surface area contributed by atoms with Gasteiger partial charge in [-0.3, -0.25) is 9.78 Å². The largest absolute Gasteiger partial charge is 0.480 e. The summed E-state index contributed by atoms with van der Waals surface area (Å²) in [5.41, 5.74) is 1.39. The lowest BCUT2D eigenvalue weighted by Gasteiger charge is -2.32. The van der Waals surface area contributed by atoms with Crippen molar-refractivity contribution < 1.29 is 19.4 Å². The smallest absolute Gasteiger partial charge is 0.408 e. The Morgan fingerprint density at radius 3 is 2.65 bits per heavy atom. The molecule has 0 aromatic heterocycles. The number of cyclic esters (lactones) is 1. The second-order valence-electron chi connectivity index (χ2n) is 10.2. The van der Waals surface area contributed by atoms with E-state index in [-0.39, 0.29) is 24.0 Å². The molecule has 4 rings (SSSR count). The van der Waals surface area contributed by atoms with E-state index in [4.69, 9.17) is 4.74 Å². The van der Waals surface area contributed by atoms with Gasteiger partial charge in [0.15, 0.2) is 11.5 Å². The molecule has 0 aliphatic carbocycles. The maximum atomic E-state index is 12.5. The van der Waals surface area contributed by atoms with Crippen LogP contribution in [0.3, 0.4) is 0 Å². The molecule has 37 heavy (non-hydrogen) atoms. The lowest BCUT2D eigenvalue weighted by Crippen LogP contribution is -2.47. The third kappa shape index (κ3) is 5.96. The number of hydrogen-bond acceptors (Lipinski definition) is 8. The Kier molecular flexibility index (Phi) is 7.30. The Morgan fingerprint density at radius 1 is 1.19 bits per heavy atom. The number of carboxylic acids is 1. The Bertz CT molecular complexity index is 1430. The number of ether oxygens (including phenoxy) is 1. The number of rotatable bonds is 5. The van der Waals surface area contributed by atoms with Crippen molar-refractivity contribution in [1.82, 2.24) is 30.2 Å². The molecule has 0 radical (unpaired) electrons. The molecule has 1 aromatic rings. The summed E-state index contributed by atoms with van der Waals surface area (Å²) in [5, 5.41) is 15.3. The van der Waals surface area contributed by atoms with Crippen LogP contribution in [0.1, 0.15) is 50.7 Å². The molecule has 0 saturated carbocycles. The molecular weight excluding hydrogens is 480 g/mol. The van der Waals surface area contributed by atoms with Gasteiger partial charge in [-0.05, 0) is 70.2 Å². The molecular formula is C25H32N6O6. The predicted octanol–water partition coefficient (Wildman–Crippen LogP) is 1.69. The number of nitrogens with zero attached hydrogens (tertiary/aromatic N) is 3. The van der Waals surface area contributed by atoms with E-state index < -0.39 is 35.0 Å². The number of aromatic nitrogens is 4. The zero-order chi connectivity index (χ0) is 26.9. The van der Waals surface area contributed by atoms with Gasteiger partial charge < -0.3 is 25.0 Å². The first kappa shape index (κ1) is 26.3. The number of H-pyrrole nitrogens is 1. The van der Waals surface area contributed by atoms with Gasteiger partial charge in [-0.1, -0.05) is 0 Å². The van der Waals surface area contributed by atoms with E-state index in [2.05, 4.69) is 25.6 Å². The fourth-order valence-electron chi connectivity index (χ4n) is 4.82. The number of nitrogens with one attached hydrogen (secondary N) is 3. The van der Waals surface area contributed by atoms with E-state index in [0.29, 0.717) is 37.9 Å². The molecule has 12 heteroatoms. The molecule has 1 saturated heterocycles. The van der Waals surface area contributed by atoms with Gasteiger partial charge >= 0.3 is 17.8 Å². The SMILES string of the molecule is Cc1cc2nc3c(=O)[nH]c(=O)nc-3n(CCNC3CCC[C@@H](C(=O)O)NC(=O)OC(C)(C)C3)c2cc1C. The van der Waals surface area contributed by atoms with Crippen molar-refractivity contribution >= 4 is 23.1 Å². The molecule has 1 amide bonds. The standard InChI is InChI=1S/C25H32N6O6/c1-13-10-17-18(11-14(13)2)31(20-19(27-17)21(32)30-23(35)29-20)9-8-26-15-6-5-7-16(22(33)34)28-24(36)37-25(3,4)12-15/h10-11,15-16,26H,5-9,12H2,1-4H3,(H,28,36)(H,33,34)(H,30,32,35)/t15?,16-/m0/s1. The molecule has 1 unspecified atom stereocenters. The summed E-state index contributed by atoms with van der Waals surface area (Å²) in [4.78, 5) is 58.9. The van der Waals surface area contributed by atoms with E-state index in [1.54, 1.807) is 13.8 Å². The lowest BCUT2D eigenvalue weighted by atomic mass is 9.93. The van der Waals surface area contributed by atoms with E-state index in [0.717, 1.165) is 16.6 Å². The molecule has 0 bridgehead atoms. The molecule has 1 fully saturated rings. The number of aliphatic carboxylic acids is 1. The van der Waals surface area contributed by atoms with Gasteiger partial charge in [-0.15, -0.1) is 0 Å². The van der Waals surface area contributed by atoms with Crippen molar-refractivity contribution in [3.63, 3.8) is 0 Å². The highest BCUT2D eigenvalue weighted by atomic mass is 16.6. The quantitative estimate of drug-likeness (QED) is 0.372. The summed E-state index contributed by atoms with van der Waals surface area (Å²) < 4.78 is 7.33. The molecule has 1 aromatic carbocycles. The van der Waals surface area contributed by atoms with E-state index in [1.165, 1.54) is 0 Å². The maximum Gasteiger partial charge on any atom is 0.408 e. The monoisotopic (exact) mass is 512 g/mol. The second kappa shape index (κ2) is 10.3. The van der Waals surface area contributed by atoms with Crippen molar-refractivity contribution in [1.29, 1.82) is 0 Å². The maximum absolute atomic E-state index is 12.5. The average Bonchev–Trinajstić information content (AvgIpc) is 2.78. The number of carboxylic acid groups (broad SMARTS) is 1. The topological polar surface area (TPSA) is 168 Å². The minimum atomic E-state index is -1.10. The van der Waals surface area contributed by atoms with Crippen LogP contribution in [0.5, 0.6) is 0 Å². The molecule has 0 spiro atoms. The van der Waals surface area contributed by atoms with Crippen LogP contribution in [0, 0.1) is 13.8 Å². The van der Waals surface area contributed by atoms with Crippen LogP contribution in [0.25, 0.3) is 22.6 Å². The fourth-order valence-corrected chi connectivity index (χ4v) is 4.82. The lowest BCUT2D eigenvalue weighted by molar-refractivity contribution is -0.139. The number of carbonyl (C=O) groups is 2. The van der Waals surface area contributed by atoms with Crippen LogP contribution in [-0.2, 0) is 16.1 Å². The molecule has 198 valence electrons. The second-order valence-corrected chi connectivity index (χ2v) is 10.2. The fraction of sp³-hybridized carbons (Fsp3) is 0.520. The van der Waals surface area contributed by atoms with Crippen molar-refractivity contribution in [2.75, 3.05) is 6.54 Å². The molecule has 2 atom stereocenters. The van der Waals surface area contributed by atoms with Crippen LogP contribution in [0.4, 0.5) is 4.79 Å². The van der Waals surface area contributed by atoms with Gasteiger partial charge in [0.25, 0.3) is 5.56 Å². The first-order chi connectivity index (χ1) is 17.4. The first-order valence-electron chi connectivity index (χ1n) is 12.3. The molecule has 3 aliphatic rings. The molecule has 3 heterocycles. The van der Waals surface area contributed by atoms with Crippen molar-refractivity contribution in [2.24, 2.45) is 0 Å². The number of aryl methyl sites for hydroxylation is 2. The Hall–Kier alpha value is -3.80. The number of carbonyl (C=O) groups excluding carboxylic acids is 1. The molecule has 3 aliphatic heterocycles. The summed E-state index contributed by atoms with van der Waals surface area (Å²) in [6, 6.07) is 2.80. The zero-order valence-corrected chi connectivity index (χ0v) is 21.4. The Labute approximate surface area is 212 Å². The summed E-state index contributed by atoms with van der Waals surface area (Å²) in [7, 11) is 0.